The van der Waals surface area contributed by atoms with Crippen LogP contribution in [0.15, 0.2) is 36.7 Å². The summed E-state index contributed by atoms with van der Waals surface area (Å²) in [7, 11) is 0. The van der Waals surface area contributed by atoms with Gasteiger partial charge >= 0.3 is 0 Å². The molecule has 1 aromatic carbocycles. The maximum Gasteiger partial charge on any atom is 0.247 e. The first kappa shape index (κ1) is 10.7. The molecule has 2 aromatic rings. The quantitative estimate of drug-likeness (QED) is 0.616. The van der Waals surface area contributed by atoms with E-state index in [-0.39, 0.29) is 6.61 Å². The first-order chi connectivity index (χ1) is 7.72. The molecule has 0 unspecified atom stereocenters. The summed E-state index contributed by atoms with van der Waals surface area (Å²) in [4.78, 5) is 0. The smallest absolute Gasteiger partial charge is 0.247 e. The molecule has 0 saturated heterocycles. The molecule has 0 fully saturated rings. The van der Waals surface area contributed by atoms with Gasteiger partial charge in [-0.05, 0) is 5.56 Å². The fourth-order valence-corrected chi connectivity index (χ4v) is 1.74. The predicted molar refractivity (Wildman–Crippen MR) is 59.6 cm³/mol. The van der Waals surface area contributed by atoms with Crippen LogP contribution in [0.5, 0.6) is 0 Å². The number of aromatic nitrogens is 2. The lowest BCUT2D eigenvalue weighted by molar-refractivity contribution is -0.611. The van der Waals surface area contributed by atoms with Crippen LogP contribution in [0.1, 0.15) is 17.0 Å². The van der Waals surface area contributed by atoms with E-state index in [1.165, 1.54) is 6.33 Å². The Labute approximate surface area is 94.0 Å². The Morgan fingerprint density at radius 3 is 2.62 bits per heavy atom. The second-order valence-corrected chi connectivity index (χ2v) is 3.74. The van der Waals surface area contributed by atoms with Crippen LogP contribution in [0.4, 0.5) is 0 Å². The van der Waals surface area contributed by atoms with E-state index in [4.69, 9.17) is 0 Å². The molecule has 0 aliphatic rings. The Morgan fingerprint density at radius 2 is 2.00 bits per heavy atom. The molecule has 0 bridgehead atoms. The van der Waals surface area contributed by atoms with Crippen LogP contribution in [-0.2, 0) is 13.2 Å². The van der Waals surface area contributed by atoms with Crippen LogP contribution in [0.25, 0.3) is 0 Å². The van der Waals surface area contributed by atoms with Crippen molar-refractivity contribution in [2.75, 3.05) is 0 Å². The van der Waals surface area contributed by atoms with E-state index in [9.17, 15) is 10.3 Å². The zero-order valence-corrected chi connectivity index (χ0v) is 9.13. The highest BCUT2D eigenvalue weighted by Gasteiger charge is 2.15. The maximum absolute atomic E-state index is 11.4. The summed E-state index contributed by atoms with van der Waals surface area (Å²) < 4.78 is 2.56. The van der Waals surface area contributed by atoms with E-state index in [0.29, 0.717) is 17.9 Å². The Morgan fingerprint density at radius 1 is 1.31 bits per heavy atom. The third-order valence-corrected chi connectivity index (χ3v) is 2.68. The fraction of sp³-hybridized carbons (Fsp3) is 0.250. The van der Waals surface area contributed by atoms with Crippen LogP contribution < -0.4 is 4.73 Å². The molecule has 1 aromatic heterocycles. The van der Waals surface area contributed by atoms with Crippen molar-refractivity contribution in [3.8, 4) is 0 Å². The molecular weight excluding hydrogens is 204 g/mol. The normalized spacial score (nSPS) is 10.6. The van der Waals surface area contributed by atoms with Crippen LogP contribution >= 0.6 is 0 Å². The standard InChI is InChI=1S/C12H14N2O2/c1-10-12(8-15)13(9-14(10)16)7-11-5-3-2-4-6-11/h2-6,9,15H,7-8H2,1H3. The third kappa shape index (κ3) is 1.92. The van der Waals surface area contributed by atoms with Crippen molar-refractivity contribution in [2.45, 2.75) is 20.1 Å². The number of nitrogens with zero attached hydrogens (tertiary/aromatic N) is 2. The minimum Gasteiger partial charge on any atom is -0.711 e. The van der Waals surface area contributed by atoms with Crippen LogP contribution in [0.2, 0.25) is 0 Å². The molecule has 0 atom stereocenters. The van der Waals surface area contributed by atoms with Gasteiger partial charge in [-0.2, -0.15) is 0 Å². The molecule has 4 nitrogen and oxygen atoms in total. The molecule has 1 heterocycles. The lowest BCUT2D eigenvalue weighted by Gasteiger charge is -2.00. The highest BCUT2D eigenvalue weighted by atomic mass is 16.5. The Kier molecular flexibility index (Phi) is 2.92. The van der Waals surface area contributed by atoms with Gasteiger partial charge in [0.15, 0.2) is 5.69 Å². The molecule has 0 radical (unpaired) electrons. The van der Waals surface area contributed by atoms with Gasteiger partial charge in [0.05, 0.1) is 0 Å². The zero-order valence-electron chi connectivity index (χ0n) is 9.13. The number of hydrogen-bond donors (Lipinski definition) is 1. The number of rotatable bonds is 3. The van der Waals surface area contributed by atoms with E-state index >= 15 is 0 Å². The van der Waals surface area contributed by atoms with Gasteiger partial charge in [-0.1, -0.05) is 30.3 Å². The second kappa shape index (κ2) is 4.37. The zero-order chi connectivity index (χ0) is 11.5. The van der Waals surface area contributed by atoms with Crippen LogP contribution in [0, 0.1) is 12.1 Å². The first-order valence-electron chi connectivity index (χ1n) is 5.15. The molecule has 0 aliphatic carbocycles. The third-order valence-electron chi connectivity index (χ3n) is 2.68. The molecule has 1 N–H and O–H groups in total. The van der Waals surface area contributed by atoms with Crippen molar-refractivity contribution < 1.29 is 9.84 Å². The van der Waals surface area contributed by atoms with Crippen LogP contribution in [0.3, 0.4) is 0 Å². The summed E-state index contributed by atoms with van der Waals surface area (Å²) >= 11 is 0. The van der Waals surface area contributed by atoms with E-state index in [1.807, 2.05) is 30.3 Å². The Hall–Kier alpha value is -1.81. The summed E-state index contributed by atoms with van der Waals surface area (Å²) in [5.41, 5.74) is 2.32. The van der Waals surface area contributed by atoms with Crippen molar-refractivity contribution in [1.82, 2.24) is 4.57 Å². The van der Waals surface area contributed by atoms with Gasteiger partial charge in [-0.3, -0.25) is 0 Å². The molecular formula is C12H14N2O2. The minimum absolute atomic E-state index is 0.117. The summed E-state index contributed by atoms with van der Waals surface area (Å²) in [5.74, 6) is 0. The number of benzene rings is 1. The Balaban J connectivity index is 2.31. The largest absolute Gasteiger partial charge is 0.711 e. The van der Waals surface area contributed by atoms with Crippen molar-refractivity contribution in [3.05, 3.63) is 58.8 Å². The summed E-state index contributed by atoms with van der Waals surface area (Å²) in [6.45, 7) is 2.20. The van der Waals surface area contributed by atoms with Crippen molar-refractivity contribution in [3.63, 3.8) is 0 Å². The number of aliphatic hydroxyl groups excluding tert-OH is 1. The predicted octanol–water partition coefficient (Wildman–Crippen LogP) is 0.971. The average Bonchev–Trinajstić information content (AvgIpc) is 2.56. The van der Waals surface area contributed by atoms with Gasteiger partial charge in [-0.15, -0.1) is 0 Å². The van der Waals surface area contributed by atoms with Crippen molar-refractivity contribution in [1.29, 1.82) is 0 Å². The lowest BCUT2D eigenvalue weighted by Crippen LogP contribution is -2.26. The van der Waals surface area contributed by atoms with E-state index in [2.05, 4.69) is 0 Å². The van der Waals surface area contributed by atoms with E-state index in [0.717, 1.165) is 10.3 Å². The van der Waals surface area contributed by atoms with Crippen LogP contribution in [-0.4, -0.2) is 9.67 Å². The highest BCUT2D eigenvalue weighted by molar-refractivity contribution is 5.16. The number of hydrogen-bond acceptors (Lipinski definition) is 2. The molecule has 84 valence electrons. The maximum atomic E-state index is 11.4. The topological polar surface area (TPSA) is 52.1 Å². The van der Waals surface area contributed by atoms with Gasteiger partial charge in [0.1, 0.15) is 18.8 Å². The van der Waals surface area contributed by atoms with Gasteiger partial charge in [0.2, 0.25) is 6.33 Å². The summed E-state index contributed by atoms with van der Waals surface area (Å²) in [6, 6.07) is 9.84. The van der Waals surface area contributed by atoms with Crippen molar-refractivity contribution >= 4 is 0 Å². The lowest BCUT2D eigenvalue weighted by atomic mass is 10.2. The monoisotopic (exact) mass is 218 g/mol. The van der Waals surface area contributed by atoms with E-state index < -0.39 is 0 Å². The molecule has 4 heteroatoms. The molecule has 0 saturated carbocycles. The first-order valence-corrected chi connectivity index (χ1v) is 5.15. The second-order valence-electron chi connectivity index (χ2n) is 3.74. The molecule has 0 aliphatic heterocycles. The molecule has 0 spiro atoms. The van der Waals surface area contributed by atoms with E-state index in [1.54, 1.807) is 11.5 Å². The molecule has 2 rings (SSSR count). The molecule has 0 amide bonds. The number of aliphatic hydroxyl groups is 1. The van der Waals surface area contributed by atoms with Gasteiger partial charge in [0, 0.05) is 6.92 Å². The minimum atomic E-state index is -0.117. The van der Waals surface area contributed by atoms with Gasteiger partial charge in [-0.25, -0.2) is 9.30 Å². The van der Waals surface area contributed by atoms with Crippen molar-refractivity contribution in [2.24, 2.45) is 0 Å². The average molecular weight is 218 g/mol. The fourth-order valence-electron chi connectivity index (χ4n) is 1.74. The highest BCUT2D eigenvalue weighted by Crippen LogP contribution is 2.08. The molecule has 16 heavy (non-hydrogen) atoms. The number of imidazole rings is 1. The summed E-state index contributed by atoms with van der Waals surface area (Å²) in [6.07, 6.45) is 1.47. The summed E-state index contributed by atoms with van der Waals surface area (Å²) in [5, 5.41) is 20.6. The Bertz CT molecular complexity index is 477. The van der Waals surface area contributed by atoms with Gasteiger partial charge < -0.3 is 10.3 Å². The van der Waals surface area contributed by atoms with Gasteiger partial charge in [0.25, 0.3) is 0 Å². The SMILES string of the molecule is Cc1c(CO)n(Cc2ccccc2)c[n+]1[O-].